The minimum absolute atomic E-state index is 0.0276. The molecule has 26 heavy (non-hydrogen) atoms. The second-order valence-corrected chi connectivity index (χ2v) is 6.69. The molecule has 2 amide bonds. The van der Waals surface area contributed by atoms with Crippen molar-refractivity contribution < 1.29 is 19.1 Å². The summed E-state index contributed by atoms with van der Waals surface area (Å²) in [4.78, 5) is 38.0. The number of benzene rings is 1. The van der Waals surface area contributed by atoms with Crippen LogP contribution in [0.2, 0.25) is 0 Å². The van der Waals surface area contributed by atoms with Gasteiger partial charge in [-0.1, -0.05) is 12.1 Å². The van der Waals surface area contributed by atoms with E-state index in [9.17, 15) is 19.6 Å². The predicted octanol–water partition coefficient (Wildman–Crippen LogP) is 1.92. The monoisotopic (exact) mass is 355 g/mol. The summed E-state index contributed by atoms with van der Waals surface area (Å²) in [6.07, 6.45) is 4.23. The number of esters is 1. The van der Waals surface area contributed by atoms with Gasteiger partial charge in [0.15, 0.2) is 6.61 Å². The zero-order valence-electron chi connectivity index (χ0n) is 14.5. The van der Waals surface area contributed by atoms with Crippen molar-refractivity contribution in [3.05, 3.63) is 29.8 Å². The lowest BCUT2D eigenvalue weighted by Crippen LogP contribution is -2.46. The fourth-order valence-corrected chi connectivity index (χ4v) is 3.54. The normalized spacial score (nSPS) is 18.4. The Kier molecular flexibility index (Phi) is 5.21. The number of nitriles is 1. The first-order valence-electron chi connectivity index (χ1n) is 8.83. The smallest absolute Gasteiger partial charge is 0.340 e. The molecule has 1 N–H and O–H groups in total. The topological polar surface area (TPSA) is 99.5 Å². The summed E-state index contributed by atoms with van der Waals surface area (Å²) in [5.41, 5.74) is -0.0836. The highest BCUT2D eigenvalue weighted by molar-refractivity contribution is 6.03. The van der Waals surface area contributed by atoms with E-state index in [1.54, 1.807) is 29.2 Å². The Hall–Kier alpha value is -2.88. The Morgan fingerprint density at radius 2 is 1.96 bits per heavy atom. The molecule has 0 aromatic heterocycles. The zero-order valence-corrected chi connectivity index (χ0v) is 14.5. The van der Waals surface area contributed by atoms with E-state index < -0.39 is 24.0 Å². The van der Waals surface area contributed by atoms with Gasteiger partial charge < -0.3 is 15.0 Å². The van der Waals surface area contributed by atoms with Crippen molar-refractivity contribution in [3.8, 4) is 6.07 Å². The average molecular weight is 355 g/mol. The molecule has 0 bridgehead atoms. The van der Waals surface area contributed by atoms with Crippen molar-refractivity contribution in [2.75, 3.05) is 18.1 Å². The molecule has 1 aliphatic carbocycles. The number of nitrogens with zero attached hydrogens (tertiary/aromatic N) is 2. The van der Waals surface area contributed by atoms with Crippen molar-refractivity contribution in [1.82, 2.24) is 5.32 Å². The summed E-state index contributed by atoms with van der Waals surface area (Å²) in [5, 5.41) is 12.0. The van der Waals surface area contributed by atoms with E-state index in [2.05, 4.69) is 11.4 Å². The van der Waals surface area contributed by atoms with E-state index >= 15 is 0 Å². The molecule has 7 nitrogen and oxygen atoms in total. The van der Waals surface area contributed by atoms with Gasteiger partial charge in [0.1, 0.15) is 5.54 Å². The highest BCUT2D eigenvalue weighted by Gasteiger charge is 2.35. The van der Waals surface area contributed by atoms with Crippen LogP contribution in [0, 0.1) is 11.3 Å². The van der Waals surface area contributed by atoms with Crippen LogP contribution in [0.25, 0.3) is 0 Å². The van der Waals surface area contributed by atoms with E-state index in [0.717, 1.165) is 19.3 Å². The van der Waals surface area contributed by atoms with Crippen LogP contribution in [0.15, 0.2) is 24.3 Å². The Labute approximate surface area is 151 Å². The van der Waals surface area contributed by atoms with Gasteiger partial charge in [-0.3, -0.25) is 9.59 Å². The highest BCUT2D eigenvalue weighted by Crippen LogP contribution is 2.29. The largest absolute Gasteiger partial charge is 0.452 e. The van der Waals surface area contributed by atoms with E-state index in [0.29, 0.717) is 31.5 Å². The molecule has 0 unspecified atom stereocenters. The van der Waals surface area contributed by atoms with Gasteiger partial charge in [0.2, 0.25) is 5.91 Å². The van der Waals surface area contributed by atoms with Gasteiger partial charge in [0.25, 0.3) is 5.91 Å². The molecule has 2 aliphatic rings. The number of rotatable bonds is 5. The number of carbonyl (C=O) groups excluding carboxylic acids is 3. The minimum atomic E-state index is -0.844. The molecule has 0 radical (unpaired) electrons. The predicted molar refractivity (Wildman–Crippen MR) is 93.3 cm³/mol. The van der Waals surface area contributed by atoms with E-state index in [-0.39, 0.29) is 11.5 Å². The Balaban J connectivity index is 1.63. The molecule has 0 atom stereocenters. The maximum Gasteiger partial charge on any atom is 0.340 e. The quantitative estimate of drug-likeness (QED) is 0.814. The Morgan fingerprint density at radius 1 is 1.23 bits per heavy atom. The molecule has 136 valence electrons. The fourth-order valence-electron chi connectivity index (χ4n) is 3.54. The standard InChI is InChI=1S/C19H21N3O4/c20-13-19(9-3-4-10-19)21-16(23)12-26-18(25)14-6-1-2-7-15(14)22-11-5-8-17(22)24/h1-2,6-7H,3-5,8-12H2,(H,21,23). The van der Waals surface area contributed by atoms with Gasteiger partial charge >= 0.3 is 5.97 Å². The van der Waals surface area contributed by atoms with E-state index in [1.807, 2.05) is 0 Å². The number of hydrogen-bond acceptors (Lipinski definition) is 5. The SMILES string of the molecule is N#CC1(NC(=O)COC(=O)c2ccccc2N2CCCC2=O)CCCC1. The van der Waals surface area contributed by atoms with E-state index in [1.165, 1.54) is 0 Å². The highest BCUT2D eigenvalue weighted by atomic mass is 16.5. The number of nitrogens with one attached hydrogen (secondary N) is 1. The molecule has 1 aliphatic heterocycles. The van der Waals surface area contributed by atoms with Crippen LogP contribution < -0.4 is 10.2 Å². The Morgan fingerprint density at radius 3 is 2.62 bits per heavy atom. The number of hydrogen-bond donors (Lipinski definition) is 1. The van der Waals surface area contributed by atoms with Gasteiger partial charge in [-0.15, -0.1) is 0 Å². The lowest BCUT2D eigenvalue weighted by Gasteiger charge is -2.22. The van der Waals surface area contributed by atoms with Crippen LogP contribution in [0.5, 0.6) is 0 Å². The van der Waals surface area contributed by atoms with Crippen molar-refractivity contribution in [3.63, 3.8) is 0 Å². The maximum atomic E-state index is 12.4. The first-order valence-corrected chi connectivity index (χ1v) is 8.83. The second-order valence-electron chi connectivity index (χ2n) is 6.69. The van der Waals surface area contributed by atoms with Crippen molar-refractivity contribution in [2.45, 2.75) is 44.1 Å². The van der Waals surface area contributed by atoms with E-state index in [4.69, 9.17) is 4.74 Å². The molecule has 1 aromatic carbocycles. The molecular formula is C19H21N3O4. The van der Waals surface area contributed by atoms with Crippen molar-refractivity contribution >= 4 is 23.5 Å². The molecule has 1 heterocycles. The fraction of sp³-hybridized carbons (Fsp3) is 0.474. The van der Waals surface area contributed by atoms with Gasteiger partial charge in [-0.05, 0) is 44.2 Å². The molecule has 2 fully saturated rings. The van der Waals surface area contributed by atoms with Crippen molar-refractivity contribution in [2.24, 2.45) is 0 Å². The molecule has 1 aromatic rings. The summed E-state index contributed by atoms with van der Waals surface area (Å²) in [7, 11) is 0. The third kappa shape index (κ3) is 3.69. The number of ether oxygens (including phenoxy) is 1. The summed E-state index contributed by atoms with van der Waals surface area (Å²) < 4.78 is 5.13. The van der Waals surface area contributed by atoms with Crippen LogP contribution >= 0.6 is 0 Å². The van der Waals surface area contributed by atoms with Crippen LogP contribution in [-0.4, -0.2) is 36.5 Å². The summed E-state index contributed by atoms with van der Waals surface area (Å²) in [6.45, 7) is 0.110. The first kappa shape index (κ1) is 17.9. The summed E-state index contributed by atoms with van der Waals surface area (Å²) >= 11 is 0. The molecule has 3 rings (SSSR count). The van der Waals surface area contributed by atoms with Gasteiger partial charge in [-0.25, -0.2) is 4.79 Å². The van der Waals surface area contributed by atoms with Gasteiger partial charge in [0, 0.05) is 13.0 Å². The number of amides is 2. The zero-order chi connectivity index (χ0) is 18.6. The van der Waals surface area contributed by atoms with Gasteiger partial charge in [-0.2, -0.15) is 5.26 Å². The summed E-state index contributed by atoms with van der Waals surface area (Å²) in [6, 6.07) is 8.87. The molecule has 1 saturated carbocycles. The van der Waals surface area contributed by atoms with Crippen LogP contribution in [0.1, 0.15) is 48.9 Å². The maximum absolute atomic E-state index is 12.4. The third-order valence-electron chi connectivity index (χ3n) is 4.87. The second kappa shape index (κ2) is 7.56. The lowest BCUT2D eigenvalue weighted by molar-refractivity contribution is -0.125. The Bertz CT molecular complexity index is 762. The summed E-state index contributed by atoms with van der Waals surface area (Å²) in [5.74, 6) is -1.18. The van der Waals surface area contributed by atoms with Crippen LogP contribution in [0.4, 0.5) is 5.69 Å². The number of carbonyl (C=O) groups is 3. The molecule has 0 spiro atoms. The molecule has 7 heteroatoms. The van der Waals surface area contributed by atoms with Crippen molar-refractivity contribution in [1.29, 1.82) is 5.26 Å². The molecular weight excluding hydrogens is 334 g/mol. The lowest BCUT2D eigenvalue weighted by atomic mass is 10.00. The van der Waals surface area contributed by atoms with Crippen LogP contribution in [-0.2, 0) is 14.3 Å². The minimum Gasteiger partial charge on any atom is -0.452 e. The molecule has 1 saturated heterocycles. The van der Waals surface area contributed by atoms with Crippen LogP contribution in [0.3, 0.4) is 0 Å². The third-order valence-corrected chi connectivity index (χ3v) is 4.87. The first-order chi connectivity index (χ1) is 12.5. The van der Waals surface area contributed by atoms with Gasteiger partial charge in [0.05, 0.1) is 17.3 Å². The number of para-hydroxylation sites is 1. The number of anilines is 1. The average Bonchev–Trinajstić information content (AvgIpc) is 3.29.